The summed E-state index contributed by atoms with van der Waals surface area (Å²) in [4.78, 5) is 0. The monoisotopic (exact) mass is 376 g/mol. The van der Waals surface area contributed by atoms with Gasteiger partial charge in [-0.3, -0.25) is 4.68 Å². The van der Waals surface area contributed by atoms with Crippen molar-refractivity contribution in [2.45, 2.75) is 11.1 Å². The number of sulfonamides is 1. The van der Waals surface area contributed by atoms with Gasteiger partial charge < -0.3 is 5.32 Å². The zero-order chi connectivity index (χ0) is 15.7. The normalized spacial score (nSPS) is 19.3. The van der Waals surface area contributed by atoms with Crippen molar-refractivity contribution in [2.24, 2.45) is 7.05 Å². The Morgan fingerprint density at radius 3 is 2.78 bits per heavy atom. The van der Waals surface area contributed by atoms with E-state index in [0.29, 0.717) is 24.7 Å². The smallest absolute Gasteiger partial charge is 0.260 e. The van der Waals surface area contributed by atoms with Crippen molar-refractivity contribution >= 4 is 34.0 Å². The summed E-state index contributed by atoms with van der Waals surface area (Å²) in [6.07, 6.45) is 1.49. The highest BCUT2D eigenvalue weighted by molar-refractivity contribution is 7.89. The van der Waals surface area contributed by atoms with Gasteiger partial charge in [0, 0.05) is 31.7 Å². The van der Waals surface area contributed by atoms with Gasteiger partial charge in [0.15, 0.2) is 5.03 Å². The van der Waals surface area contributed by atoms with Crippen LogP contribution in [-0.4, -0.2) is 42.1 Å². The molecule has 0 bridgehead atoms. The molecule has 9 heteroatoms. The van der Waals surface area contributed by atoms with Gasteiger partial charge in [-0.05, 0) is 23.8 Å². The van der Waals surface area contributed by atoms with Crippen molar-refractivity contribution in [1.82, 2.24) is 19.4 Å². The van der Waals surface area contributed by atoms with Crippen LogP contribution in [0.3, 0.4) is 0 Å². The number of nitrogens with zero attached hydrogens (tertiary/aromatic N) is 3. The molecule has 2 heterocycles. The molecule has 0 amide bonds. The van der Waals surface area contributed by atoms with Crippen LogP contribution < -0.4 is 5.32 Å². The van der Waals surface area contributed by atoms with Crippen LogP contribution >= 0.6 is 24.0 Å². The Labute approximate surface area is 146 Å². The lowest BCUT2D eigenvalue weighted by atomic mass is 10.1. The summed E-state index contributed by atoms with van der Waals surface area (Å²) >= 11 is 6.05. The van der Waals surface area contributed by atoms with E-state index in [1.54, 1.807) is 13.1 Å². The van der Waals surface area contributed by atoms with Crippen LogP contribution in [-0.2, 0) is 17.1 Å². The highest BCUT2D eigenvalue weighted by atomic mass is 35.5. The van der Waals surface area contributed by atoms with E-state index in [4.69, 9.17) is 11.6 Å². The third-order valence-electron chi connectivity index (χ3n) is 3.78. The van der Waals surface area contributed by atoms with E-state index < -0.39 is 10.0 Å². The number of aromatic nitrogens is 2. The van der Waals surface area contributed by atoms with Crippen LogP contribution in [0.25, 0.3) is 0 Å². The molecule has 1 unspecified atom stereocenters. The number of aryl methyl sites for hydroxylation is 1. The van der Waals surface area contributed by atoms with E-state index >= 15 is 0 Å². The minimum Gasteiger partial charge on any atom is -0.313 e. The van der Waals surface area contributed by atoms with Crippen LogP contribution in [0.1, 0.15) is 11.6 Å². The molecule has 2 aromatic rings. The van der Waals surface area contributed by atoms with Gasteiger partial charge in [0.05, 0.1) is 12.2 Å². The third kappa shape index (κ3) is 3.54. The van der Waals surface area contributed by atoms with Crippen LogP contribution in [0.5, 0.6) is 0 Å². The molecular weight excluding hydrogens is 359 g/mol. The summed E-state index contributed by atoms with van der Waals surface area (Å²) in [5, 5.41) is 8.00. The molecule has 23 heavy (non-hydrogen) atoms. The Morgan fingerprint density at radius 1 is 1.35 bits per heavy atom. The second-order valence-corrected chi connectivity index (χ2v) is 7.46. The summed E-state index contributed by atoms with van der Waals surface area (Å²) in [6, 6.07) is 8.56. The van der Waals surface area contributed by atoms with Crippen molar-refractivity contribution in [3.63, 3.8) is 0 Å². The molecule has 1 aromatic heterocycles. The number of halogens is 2. The Balaban J connectivity index is 0.00000192. The highest BCUT2D eigenvalue weighted by Crippen LogP contribution is 2.29. The van der Waals surface area contributed by atoms with E-state index in [0.717, 1.165) is 5.56 Å². The maximum absolute atomic E-state index is 12.9. The second kappa shape index (κ2) is 7.19. The lowest BCUT2D eigenvalue weighted by Gasteiger charge is -2.35. The molecule has 1 aromatic carbocycles. The maximum atomic E-state index is 12.9. The molecule has 1 atom stereocenters. The largest absolute Gasteiger partial charge is 0.313 e. The Morgan fingerprint density at radius 2 is 2.13 bits per heavy atom. The molecule has 1 aliphatic rings. The number of hydrogen-bond acceptors (Lipinski definition) is 4. The first-order chi connectivity index (χ1) is 10.5. The van der Waals surface area contributed by atoms with Gasteiger partial charge >= 0.3 is 0 Å². The molecule has 0 spiro atoms. The summed E-state index contributed by atoms with van der Waals surface area (Å²) in [7, 11) is -1.98. The van der Waals surface area contributed by atoms with E-state index in [9.17, 15) is 8.42 Å². The Hall–Kier alpha value is -1.12. The quantitative estimate of drug-likeness (QED) is 0.886. The third-order valence-corrected chi connectivity index (χ3v) is 6.00. The summed E-state index contributed by atoms with van der Waals surface area (Å²) in [6.45, 7) is 1.58. The fourth-order valence-electron chi connectivity index (χ4n) is 2.71. The average Bonchev–Trinajstić information content (AvgIpc) is 2.94. The number of benzene rings is 1. The van der Waals surface area contributed by atoms with Crippen molar-refractivity contribution < 1.29 is 8.42 Å². The standard InChI is InChI=1S/C14H17ClN4O2S.ClH/c1-18-14(5-6-17-18)22(20,21)19-8-7-16-10-13(19)11-3-2-4-12(15)9-11;/h2-6,9,13,16H,7-8,10H2,1H3;1H. The minimum atomic E-state index is -3.61. The van der Waals surface area contributed by atoms with E-state index in [1.807, 2.05) is 18.2 Å². The summed E-state index contributed by atoms with van der Waals surface area (Å²) < 4.78 is 28.8. The van der Waals surface area contributed by atoms with Crippen LogP contribution in [0, 0.1) is 0 Å². The van der Waals surface area contributed by atoms with E-state index in [-0.39, 0.29) is 23.5 Å². The Kier molecular flexibility index (Phi) is 5.70. The molecular formula is C14H18Cl2N4O2S. The topological polar surface area (TPSA) is 67.2 Å². The maximum Gasteiger partial charge on any atom is 0.260 e. The first-order valence-electron chi connectivity index (χ1n) is 6.96. The second-order valence-electron chi connectivity index (χ2n) is 5.18. The van der Waals surface area contributed by atoms with Crippen molar-refractivity contribution in [2.75, 3.05) is 19.6 Å². The zero-order valence-corrected chi connectivity index (χ0v) is 14.9. The number of nitrogens with one attached hydrogen (secondary N) is 1. The first kappa shape index (κ1) is 18.2. The van der Waals surface area contributed by atoms with Crippen molar-refractivity contribution in [3.05, 3.63) is 47.1 Å². The fourth-order valence-corrected chi connectivity index (χ4v) is 4.62. The van der Waals surface area contributed by atoms with Gasteiger partial charge in [-0.1, -0.05) is 23.7 Å². The fraction of sp³-hybridized carbons (Fsp3) is 0.357. The number of hydrogen-bond donors (Lipinski definition) is 1. The molecule has 0 aliphatic carbocycles. The lowest BCUT2D eigenvalue weighted by Crippen LogP contribution is -2.48. The summed E-state index contributed by atoms with van der Waals surface area (Å²) in [5.41, 5.74) is 0.880. The molecule has 1 fully saturated rings. The van der Waals surface area contributed by atoms with Gasteiger partial charge in [0.25, 0.3) is 10.0 Å². The van der Waals surface area contributed by atoms with Crippen molar-refractivity contribution in [3.8, 4) is 0 Å². The number of rotatable bonds is 3. The average molecular weight is 377 g/mol. The molecule has 3 rings (SSSR count). The van der Waals surface area contributed by atoms with Crippen molar-refractivity contribution in [1.29, 1.82) is 0 Å². The van der Waals surface area contributed by atoms with Gasteiger partial charge in [-0.2, -0.15) is 9.40 Å². The zero-order valence-electron chi connectivity index (χ0n) is 12.5. The van der Waals surface area contributed by atoms with Gasteiger partial charge in [-0.15, -0.1) is 12.4 Å². The molecule has 1 saturated heterocycles. The van der Waals surface area contributed by atoms with E-state index in [1.165, 1.54) is 21.3 Å². The SMILES string of the molecule is Cl.Cn1nccc1S(=O)(=O)N1CCNCC1c1cccc(Cl)c1. The molecule has 1 N–H and O–H groups in total. The predicted molar refractivity (Wildman–Crippen MR) is 91.4 cm³/mol. The van der Waals surface area contributed by atoms with Gasteiger partial charge in [-0.25, -0.2) is 8.42 Å². The van der Waals surface area contributed by atoms with Crippen LogP contribution in [0.2, 0.25) is 5.02 Å². The van der Waals surface area contributed by atoms with Gasteiger partial charge in [0.2, 0.25) is 0 Å². The molecule has 6 nitrogen and oxygen atoms in total. The van der Waals surface area contributed by atoms with Gasteiger partial charge in [0.1, 0.15) is 0 Å². The summed E-state index contributed by atoms with van der Waals surface area (Å²) in [5.74, 6) is 0. The van der Waals surface area contributed by atoms with E-state index in [2.05, 4.69) is 10.4 Å². The molecule has 0 saturated carbocycles. The predicted octanol–water partition coefficient (Wildman–Crippen LogP) is 1.83. The lowest BCUT2D eigenvalue weighted by molar-refractivity contribution is 0.270. The number of piperazine rings is 1. The highest BCUT2D eigenvalue weighted by Gasteiger charge is 2.35. The first-order valence-corrected chi connectivity index (χ1v) is 8.78. The minimum absolute atomic E-state index is 0. The molecule has 1 aliphatic heterocycles. The Bertz CT molecular complexity index is 779. The molecule has 0 radical (unpaired) electrons. The molecule has 126 valence electrons. The van der Waals surface area contributed by atoms with Crippen LogP contribution in [0.15, 0.2) is 41.6 Å². The van der Waals surface area contributed by atoms with Crippen LogP contribution in [0.4, 0.5) is 0 Å².